The van der Waals surface area contributed by atoms with Crippen LogP contribution in [0.3, 0.4) is 0 Å². The summed E-state index contributed by atoms with van der Waals surface area (Å²) in [4.78, 5) is 7.96. The number of aromatic nitrogens is 2. The summed E-state index contributed by atoms with van der Waals surface area (Å²) in [5.74, 6) is 1.47. The number of aromatic amines is 1. The number of hydrogen-bond donors (Lipinski definition) is 1. The molecule has 1 unspecified atom stereocenters. The van der Waals surface area contributed by atoms with E-state index >= 15 is 0 Å². The first-order valence-electron chi connectivity index (χ1n) is 5.21. The lowest BCUT2D eigenvalue weighted by Gasteiger charge is -2.08. The highest BCUT2D eigenvalue weighted by Gasteiger charge is 2.12. The highest BCUT2D eigenvalue weighted by atomic mass is 14.9. The van der Waals surface area contributed by atoms with Gasteiger partial charge in [-0.2, -0.15) is 0 Å². The summed E-state index contributed by atoms with van der Waals surface area (Å²) in [6.45, 7) is 0. The van der Waals surface area contributed by atoms with Crippen LogP contribution in [0.5, 0.6) is 0 Å². The average Bonchev–Trinajstić information content (AvgIpc) is 2.74. The van der Waals surface area contributed by atoms with Crippen molar-refractivity contribution in [3.05, 3.63) is 54.4 Å². The number of nitrogens with one attached hydrogen (secondary N) is 1. The van der Waals surface area contributed by atoms with Gasteiger partial charge < -0.3 is 4.98 Å². The Morgan fingerprint density at radius 1 is 1.20 bits per heavy atom. The van der Waals surface area contributed by atoms with E-state index in [-0.39, 0.29) is 0 Å². The van der Waals surface area contributed by atoms with Gasteiger partial charge in [0.1, 0.15) is 5.82 Å². The minimum atomic E-state index is 0.405. The number of benzene rings is 1. The van der Waals surface area contributed by atoms with Crippen molar-refractivity contribution in [2.75, 3.05) is 0 Å². The molecule has 0 fully saturated rings. The third kappa shape index (κ3) is 1.48. The monoisotopic (exact) mass is 196 g/mol. The number of nitrogens with zero attached hydrogens (tertiary/aromatic N) is 1. The van der Waals surface area contributed by atoms with E-state index in [4.69, 9.17) is 0 Å². The standard InChI is InChI=1S/C13H12N2/c1-2-6-10(7-3-1)13-14-11-8-4-5-9-12(11)15-13/h1-6,8-10H,7H2,(H,14,15). The third-order valence-electron chi connectivity index (χ3n) is 2.74. The smallest absolute Gasteiger partial charge is 0.114 e. The minimum absolute atomic E-state index is 0.405. The third-order valence-corrected chi connectivity index (χ3v) is 2.74. The number of hydrogen-bond acceptors (Lipinski definition) is 1. The summed E-state index contributed by atoms with van der Waals surface area (Å²) < 4.78 is 0. The van der Waals surface area contributed by atoms with Crippen LogP contribution in [0.1, 0.15) is 18.2 Å². The average molecular weight is 196 g/mol. The molecule has 0 amide bonds. The summed E-state index contributed by atoms with van der Waals surface area (Å²) in [6, 6.07) is 8.15. The molecule has 0 saturated carbocycles. The normalized spacial score (nSPS) is 19.9. The molecule has 0 bridgehead atoms. The van der Waals surface area contributed by atoms with Gasteiger partial charge >= 0.3 is 0 Å². The first-order valence-corrected chi connectivity index (χ1v) is 5.21. The summed E-state index contributed by atoms with van der Waals surface area (Å²) >= 11 is 0. The van der Waals surface area contributed by atoms with E-state index in [1.54, 1.807) is 0 Å². The summed E-state index contributed by atoms with van der Waals surface area (Å²) in [7, 11) is 0. The van der Waals surface area contributed by atoms with Crippen LogP contribution < -0.4 is 0 Å². The highest BCUT2D eigenvalue weighted by molar-refractivity contribution is 5.74. The molecule has 2 aromatic rings. The Labute approximate surface area is 88.3 Å². The zero-order chi connectivity index (χ0) is 10.1. The van der Waals surface area contributed by atoms with Crippen LogP contribution in [0.4, 0.5) is 0 Å². The fraction of sp³-hybridized carbons (Fsp3) is 0.154. The van der Waals surface area contributed by atoms with Crippen molar-refractivity contribution in [2.45, 2.75) is 12.3 Å². The second kappa shape index (κ2) is 3.39. The summed E-state index contributed by atoms with van der Waals surface area (Å²) in [6.07, 6.45) is 9.58. The minimum Gasteiger partial charge on any atom is -0.341 e. The van der Waals surface area contributed by atoms with Gasteiger partial charge in [0, 0.05) is 5.92 Å². The molecule has 0 spiro atoms. The SMILES string of the molecule is C1=CCC(c2nc3ccccc3[nH]2)C=C1. The van der Waals surface area contributed by atoms with Crippen LogP contribution in [-0.4, -0.2) is 9.97 Å². The molecule has 1 aromatic heterocycles. The lowest BCUT2D eigenvalue weighted by atomic mass is 10.0. The van der Waals surface area contributed by atoms with Crippen LogP contribution in [-0.2, 0) is 0 Å². The van der Waals surface area contributed by atoms with Gasteiger partial charge in [0.15, 0.2) is 0 Å². The molecule has 0 aliphatic heterocycles. The second-order valence-electron chi connectivity index (χ2n) is 3.79. The fourth-order valence-electron chi connectivity index (χ4n) is 1.93. The maximum Gasteiger partial charge on any atom is 0.114 e. The van der Waals surface area contributed by atoms with Gasteiger partial charge in [-0.1, -0.05) is 36.4 Å². The zero-order valence-corrected chi connectivity index (χ0v) is 8.35. The number of para-hydroxylation sites is 2. The number of allylic oxidation sites excluding steroid dienone is 4. The Bertz CT molecular complexity index is 501. The molecule has 15 heavy (non-hydrogen) atoms. The van der Waals surface area contributed by atoms with E-state index in [1.807, 2.05) is 18.2 Å². The van der Waals surface area contributed by atoms with Crippen molar-refractivity contribution in [2.24, 2.45) is 0 Å². The molecule has 1 aliphatic rings. The molecule has 1 atom stereocenters. The van der Waals surface area contributed by atoms with Crippen molar-refractivity contribution in [3.8, 4) is 0 Å². The van der Waals surface area contributed by atoms with Gasteiger partial charge in [0.2, 0.25) is 0 Å². The van der Waals surface area contributed by atoms with Crippen LogP contribution >= 0.6 is 0 Å². The second-order valence-corrected chi connectivity index (χ2v) is 3.79. The Kier molecular flexibility index (Phi) is 1.91. The number of H-pyrrole nitrogens is 1. The molecule has 1 aliphatic carbocycles. The fourth-order valence-corrected chi connectivity index (χ4v) is 1.93. The van der Waals surface area contributed by atoms with Gasteiger partial charge in [-0.05, 0) is 18.6 Å². The molecule has 3 rings (SSSR count). The van der Waals surface area contributed by atoms with Crippen LogP contribution in [0, 0.1) is 0 Å². The maximum atomic E-state index is 4.60. The van der Waals surface area contributed by atoms with Gasteiger partial charge in [0.25, 0.3) is 0 Å². The molecule has 0 saturated heterocycles. The summed E-state index contributed by atoms with van der Waals surface area (Å²) in [5.41, 5.74) is 2.17. The van der Waals surface area contributed by atoms with Gasteiger partial charge in [-0.15, -0.1) is 0 Å². The van der Waals surface area contributed by atoms with E-state index in [1.165, 1.54) is 0 Å². The van der Waals surface area contributed by atoms with Crippen LogP contribution in [0.2, 0.25) is 0 Å². The number of imidazole rings is 1. The molecule has 0 radical (unpaired) electrons. The molecular formula is C13H12N2. The van der Waals surface area contributed by atoms with Crippen molar-refractivity contribution in [1.29, 1.82) is 0 Å². The van der Waals surface area contributed by atoms with Crippen molar-refractivity contribution < 1.29 is 0 Å². The topological polar surface area (TPSA) is 28.7 Å². The molecule has 74 valence electrons. The number of fused-ring (bicyclic) bond motifs is 1. The molecule has 2 heteroatoms. The van der Waals surface area contributed by atoms with E-state index in [2.05, 4.69) is 40.3 Å². The van der Waals surface area contributed by atoms with E-state index in [0.717, 1.165) is 23.3 Å². The van der Waals surface area contributed by atoms with Crippen molar-refractivity contribution in [3.63, 3.8) is 0 Å². The van der Waals surface area contributed by atoms with Gasteiger partial charge in [-0.3, -0.25) is 0 Å². The predicted octanol–water partition coefficient (Wildman–Crippen LogP) is 3.16. The van der Waals surface area contributed by atoms with Crippen molar-refractivity contribution in [1.82, 2.24) is 9.97 Å². The first-order chi connectivity index (χ1) is 7.43. The van der Waals surface area contributed by atoms with E-state index < -0.39 is 0 Å². The Hall–Kier alpha value is -1.83. The van der Waals surface area contributed by atoms with Crippen molar-refractivity contribution >= 4 is 11.0 Å². The Balaban J connectivity index is 2.04. The van der Waals surface area contributed by atoms with E-state index in [0.29, 0.717) is 5.92 Å². The zero-order valence-electron chi connectivity index (χ0n) is 8.35. The molecule has 2 nitrogen and oxygen atoms in total. The number of rotatable bonds is 1. The molecule has 1 heterocycles. The lowest BCUT2D eigenvalue weighted by Crippen LogP contribution is -1.98. The highest BCUT2D eigenvalue weighted by Crippen LogP contribution is 2.24. The molecule has 1 N–H and O–H groups in total. The molecule has 1 aromatic carbocycles. The van der Waals surface area contributed by atoms with Gasteiger partial charge in [-0.25, -0.2) is 4.98 Å². The summed E-state index contributed by atoms with van der Waals surface area (Å²) in [5, 5.41) is 0. The largest absolute Gasteiger partial charge is 0.341 e. The Morgan fingerprint density at radius 2 is 2.13 bits per heavy atom. The first kappa shape index (κ1) is 8.48. The lowest BCUT2D eigenvalue weighted by molar-refractivity contribution is 0.794. The van der Waals surface area contributed by atoms with Gasteiger partial charge in [0.05, 0.1) is 11.0 Å². The molecular weight excluding hydrogens is 184 g/mol. The van der Waals surface area contributed by atoms with Crippen LogP contribution in [0.25, 0.3) is 11.0 Å². The Morgan fingerprint density at radius 3 is 2.93 bits per heavy atom. The van der Waals surface area contributed by atoms with Crippen LogP contribution in [0.15, 0.2) is 48.6 Å². The quantitative estimate of drug-likeness (QED) is 0.745. The predicted molar refractivity (Wildman–Crippen MR) is 61.7 cm³/mol. The van der Waals surface area contributed by atoms with E-state index in [9.17, 15) is 0 Å². The maximum absolute atomic E-state index is 4.60.